The lowest BCUT2D eigenvalue weighted by Crippen LogP contribution is -2.60. The summed E-state index contributed by atoms with van der Waals surface area (Å²) >= 11 is 0. The van der Waals surface area contributed by atoms with E-state index in [-0.39, 0.29) is 5.54 Å². The molecule has 3 nitrogen and oxygen atoms in total. The van der Waals surface area contributed by atoms with Crippen LogP contribution in [0.3, 0.4) is 0 Å². The quantitative estimate of drug-likeness (QED) is 0.688. The number of rotatable bonds is 1. The van der Waals surface area contributed by atoms with Gasteiger partial charge in [0.05, 0.1) is 5.60 Å². The van der Waals surface area contributed by atoms with Gasteiger partial charge in [0, 0.05) is 12.1 Å². The zero-order valence-corrected chi connectivity index (χ0v) is 11.2. The van der Waals surface area contributed by atoms with Crippen LogP contribution in [-0.4, -0.2) is 41.3 Å². The summed E-state index contributed by atoms with van der Waals surface area (Å²) in [7, 11) is 2.14. The Morgan fingerprint density at radius 1 is 0.882 bits per heavy atom. The highest BCUT2D eigenvalue weighted by Gasteiger charge is 2.47. The molecular weight excluding hydrogens is 212 g/mol. The van der Waals surface area contributed by atoms with Crippen molar-refractivity contribution in [3.63, 3.8) is 0 Å². The third kappa shape index (κ3) is 2.83. The van der Waals surface area contributed by atoms with Crippen molar-refractivity contribution in [1.29, 1.82) is 0 Å². The van der Waals surface area contributed by atoms with Gasteiger partial charge in [-0.05, 0) is 45.7 Å². The largest absolute Gasteiger partial charge is 0.388 e. The van der Waals surface area contributed by atoms with Crippen molar-refractivity contribution in [1.82, 2.24) is 4.90 Å². The molecule has 1 unspecified atom stereocenters. The van der Waals surface area contributed by atoms with Crippen molar-refractivity contribution in [2.75, 3.05) is 20.1 Å². The van der Waals surface area contributed by atoms with Crippen LogP contribution in [0.1, 0.15) is 57.8 Å². The van der Waals surface area contributed by atoms with Crippen molar-refractivity contribution >= 4 is 0 Å². The second-order valence-corrected chi connectivity index (χ2v) is 6.26. The molecule has 0 aromatic carbocycles. The SMILES string of the molecule is CN1CCCC(O)(C2(N)CCCCCC2)CC1. The Hall–Kier alpha value is -0.120. The Balaban J connectivity index is 2.11. The normalized spacial score (nSPS) is 36.2. The van der Waals surface area contributed by atoms with E-state index >= 15 is 0 Å². The Labute approximate surface area is 105 Å². The topological polar surface area (TPSA) is 49.5 Å². The van der Waals surface area contributed by atoms with Crippen molar-refractivity contribution < 1.29 is 5.11 Å². The van der Waals surface area contributed by atoms with Gasteiger partial charge in [0.2, 0.25) is 0 Å². The van der Waals surface area contributed by atoms with Gasteiger partial charge in [0.15, 0.2) is 0 Å². The van der Waals surface area contributed by atoms with Crippen LogP contribution in [0.4, 0.5) is 0 Å². The van der Waals surface area contributed by atoms with E-state index < -0.39 is 5.60 Å². The molecule has 0 spiro atoms. The lowest BCUT2D eigenvalue weighted by Gasteiger charge is -2.44. The fraction of sp³-hybridized carbons (Fsp3) is 1.00. The van der Waals surface area contributed by atoms with Gasteiger partial charge in [-0.25, -0.2) is 0 Å². The smallest absolute Gasteiger partial charge is 0.0838 e. The lowest BCUT2D eigenvalue weighted by atomic mass is 9.71. The summed E-state index contributed by atoms with van der Waals surface area (Å²) in [6.45, 7) is 2.08. The van der Waals surface area contributed by atoms with Gasteiger partial charge < -0.3 is 15.7 Å². The fourth-order valence-electron chi connectivity index (χ4n) is 3.58. The van der Waals surface area contributed by atoms with E-state index in [0.29, 0.717) is 0 Å². The summed E-state index contributed by atoms with van der Waals surface area (Å²) in [5, 5.41) is 11.0. The number of hydrogen-bond donors (Lipinski definition) is 2. The minimum atomic E-state index is -0.623. The Morgan fingerprint density at radius 3 is 2.18 bits per heavy atom. The molecule has 1 saturated heterocycles. The lowest BCUT2D eigenvalue weighted by molar-refractivity contribution is -0.0540. The molecule has 1 heterocycles. The number of aliphatic hydroxyl groups is 1. The van der Waals surface area contributed by atoms with Gasteiger partial charge in [-0.15, -0.1) is 0 Å². The summed E-state index contributed by atoms with van der Waals surface area (Å²) in [6, 6.07) is 0. The third-order valence-corrected chi connectivity index (χ3v) is 4.96. The second-order valence-electron chi connectivity index (χ2n) is 6.26. The van der Waals surface area contributed by atoms with Crippen LogP contribution in [0.5, 0.6) is 0 Å². The molecule has 100 valence electrons. The molecular formula is C14H28N2O. The molecule has 2 fully saturated rings. The highest BCUT2D eigenvalue weighted by atomic mass is 16.3. The first-order chi connectivity index (χ1) is 8.06. The molecule has 0 amide bonds. The maximum Gasteiger partial charge on any atom is 0.0838 e. The highest BCUT2D eigenvalue weighted by Crippen LogP contribution is 2.39. The molecule has 1 saturated carbocycles. The molecule has 0 aromatic rings. The second kappa shape index (κ2) is 5.25. The molecule has 1 aliphatic carbocycles. The van der Waals surface area contributed by atoms with Crippen LogP contribution in [0.2, 0.25) is 0 Å². The first-order valence-electron chi connectivity index (χ1n) is 7.26. The first kappa shape index (κ1) is 13.3. The van der Waals surface area contributed by atoms with Gasteiger partial charge in [-0.3, -0.25) is 0 Å². The van der Waals surface area contributed by atoms with Gasteiger partial charge in [-0.2, -0.15) is 0 Å². The van der Waals surface area contributed by atoms with Crippen molar-refractivity contribution in [2.45, 2.75) is 68.9 Å². The summed E-state index contributed by atoms with van der Waals surface area (Å²) in [5.41, 5.74) is 5.67. The molecule has 17 heavy (non-hydrogen) atoms. The average Bonchev–Trinajstić information content (AvgIpc) is 2.61. The molecule has 3 heteroatoms. The zero-order valence-electron chi connectivity index (χ0n) is 11.2. The molecule has 0 aromatic heterocycles. The minimum absolute atomic E-state index is 0.325. The highest BCUT2D eigenvalue weighted by molar-refractivity contribution is 5.05. The van der Waals surface area contributed by atoms with Gasteiger partial charge in [0.1, 0.15) is 0 Å². The van der Waals surface area contributed by atoms with Crippen LogP contribution in [0.15, 0.2) is 0 Å². The Morgan fingerprint density at radius 2 is 1.53 bits per heavy atom. The molecule has 2 rings (SSSR count). The van der Waals surface area contributed by atoms with Crippen molar-refractivity contribution in [3.8, 4) is 0 Å². The first-order valence-corrected chi connectivity index (χ1v) is 7.26. The summed E-state index contributed by atoms with van der Waals surface area (Å²) in [5.74, 6) is 0. The Kier molecular flexibility index (Phi) is 4.11. The van der Waals surface area contributed by atoms with E-state index in [2.05, 4.69) is 11.9 Å². The van der Waals surface area contributed by atoms with E-state index in [4.69, 9.17) is 5.73 Å². The zero-order chi connectivity index (χ0) is 12.4. The van der Waals surface area contributed by atoms with Crippen LogP contribution in [0.25, 0.3) is 0 Å². The minimum Gasteiger partial charge on any atom is -0.388 e. The van der Waals surface area contributed by atoms with E-state index in [9.17, 15) is 5.11 Å². The molecule has 1 atom stereocenters. The molecule has 0 radical (unpaired) electrons. The summed E-state index contributed by atoms with van der Waals surface area (Å²) in [6.07, 6.45) is 9.77. The van der Waals surface area contributed by atoms with Gasteiger partial charge >= 0.3 is 0 Å². The van der Waals surface area contributed by atoms with Crippen molar-refractivity contribution in [3.05, 3.63) is 0 Å². The fourth-order valence-corrected chi connectivity index (χ4v) is 3.58. The number of nitrogens with zero attached hydrogens (tertiary/aromatic N) is 1. The monoisotopic (exact) mass is 240 g/mol. The maximum absolute atomic E-state index is 11.0. The van der Waals surface area contributed by atoms with Crippen LogP contribution >= 0.6 is 0 Å². The maximum atomic E-state index is 11.0. The number of hydrogen-bond acceptors (Lipinski definition) is 3. The van der Waals surface area contributed by atoms with Crippen LogP contribution in [-0.2, 0) is 0 Å². The summed E-state index contributed by atoms with van der Waals surface area (Å²) in [4.78, 5) is 2.32. The van der Waals surface area contributed by atoms with E-state index in [1.165, 1.54) is 25.7 Å². The number of nitrogens with two attached hydrogens (primary N) is 1. The van der Waals surface area contributed by atoms with Gasteiger partial charge in [0.25, 0.3) is 0 Å². The van der Waals surface area contributed by atoms with E-state index in [1.807, 2.05) is 0 Å². The summed E-state index contributed by atoms with van der Waals surface area (Å²) < 4.78 is 0. The predicted octanol–water partition coefficient (Wildman–Crippen LogP) is 1.88. The predicted molar refractivity (Wildman–Crippen MR) is 70.9 cm³/mol. The van der Waals surface area contributed by atoms with Gasteiger partial charge in [-0.1, -0.05) is 25.7 Å². The molecule has 1 aliphatic heterocycles. The van der Waals surface area contributed by atoms with Crippen LogP contribution in [0, 0.1) is 0 Å². The molecule has 2 aliphatic rings. The average molecular weight is 240 g/mol. The number of likely N-dealkylation sites (tertiary alicyclic amines) is 1. The van der Waals surface area contributed by atoms with Crippen LogP contribution < -0.4 is 5.73 Å². The van der Waals surface area contributed by atoms with E-state index in [1.54, 1.807) is 0 Å². The third-order valence-electron chi connectivity index (χ3n) is 4.96. The molecule has 3 N–H and O–H groups in total. The molecule has 0 bridgehead atoms. The Bertz CT molecular complexity index is 249. The van der Waals surface area contributed by atoms with E-state index in [0.717, 1.165) is 45.2 Å². The van der Waals surface area contributed by atoms with Crippen molar-refractivity contribution in [2.24, 2.45) is 5.73 Å². The standard InChI is InChI=1S/C14H28N2O/c1-16-11-6-9-14(17,10-12-16)13(15)7-4-2-3-5-8-13/h17H,2-12,15H2,1H3.